The maximum Gasteiger partial charge on any atom is 0.261 e. The number of fused-ring (bicyclic) bond motifs is 1. The van der Waals surface area contributed by atoms with E-state index in [-0.39, 0.29) is 23.3 Å². The molecule has 2 aliphatic rings. The lowest BCUT2D eigenvalue weighted by molar-refractivity contribution is 0.0627. The number of carbonyl (C=O) groups excluding carboxylic acids is 3. The van der Waals surface area contributed by atoms with Crippen molar-refractivity contribution in [3.63, 3.8) is 0 Å². The van der Waals surface area contributed by atoms with Crippen LogP contribution in [0.4, 0.5) is 4.39 Å². The van der Waals surface area contributed by atoms with E-state index < -0.39 is 5.82 Å². The average molecular weight is 409 g/mol. The highest BCUT2D eigenvalue weighted by atomic mass is 19.1. The molecule has 0 saturated carbocycles. The molecule has 2 heterocycles. The van der Waals surface area contributed by atoms with Crippen molar-refractivity contribution >= 4 is 17.7 Å². The second-order valence-electron chi connectivity index (χ2n) is 7.63. The van der Waals surface area contributed by atoms with E-state index in [0.29, 0.717) is 30.8 Å². The molecule has 0 aromatic heterocycles. The van der Waals surface area contributed by atoms with Gasteiger partial charge >= 0.3 is 0 Å². The third-order valence-corrected chi connectivity index (χ3v) is 5.75. The van der Waals surface area contributed by atoms with Gasteiger partial charge in [-0.25, -0.2) is 4.39 Å². The summed E-state index contributed by atoms with van der Waals surface area (Å²) < 4.78 is 13.8. The molecule has 156 valence electrons. The molecule has 0 spiro atoms. The third-order valence-electron chi connectivity index (χ3n) is 5.75. The average Bonchev–Trinajstić information content (AvgIpc) is 3.02. The summed E-state index contributed by atoms with van der Waals surface area (Å²) in [4.78, 5) is 42.5. The fraction of sp³-hybridized carbons (Fsp3) is 0.348. The smallest absolute Gasteiger partial charge is 0.261 e. The fourth-order valence-corrected chi connectivity index (χ4v) is 4.03. The minimum absolute atomic E-state index is 0.117. The van der Waals surface area contributed by atoms with Crippen molar-refractivity contribution in [1.82, 2.24) is 14.7 Å². The maximum atomic E-state index is 13.8. The molecule has 0 N–H and O–H groups in total. The summed E-state index contributed by atoms with van der Waals surface area (Å²) in [5.74, 6) is -1.18. The number of nitrogens with zero attached hydrogens (tertiary/aromatic N) is 3. The molecule has 1 saturated heterocycles. The van der Waals surface area contributed by atoms with Gasteiger partial charge in [-0.05, 0) is 43.7 Å². The molecule has 0 aliphatic carbocycles. The van der Waals surface area contributed by atoms with Gasteiger partial charge in [-0.3, -0.25) is 24.2 Å². The highest BCUT2D eigenvalue weighted by molar-refractivity contribution is 6.21. The Morgan fingerprint density at radius 3 is 2.00 bits per heavy atom. The molecule has 30 heavy (non-hydrogen) atoms. The van der Waals surface area contributed by atoms with Crippen molar-refractivity contribution in [1.29, 1.82) is 0 Å². The second-order valence-corrected chi connectivity index (χ2v) is 7.63. The molecule has 2 aromatic rings. The van der Waals surface area contributed by atoms with Gasteiger partial charge in [0.2, 0.25) is 0 Å². The van der Waals surface area contributed by atoms with Gasteiger partial charge in [0.1, 0.15) is 5.82 Å². The maximum absolute atomic E-state index is 13.8. The number of hydrogen-bond donors (Lipinski definition) is 0. The Bertz CT molecular complexity index is 935. The molecule has 6 nitrogen and oxygen atoms in total. The van der Waals surface area contributed by atoms with Crippen LogP contribution in [0.25, 0.3) is 0 Å². The number of piperazine rings is 1. The summed E-state index contributed by atoms with van der Waals surface area (Å²) in [7, 11) is 0. The van der Waals surface area contributed by atoms with Crippen molar-refractivity contribution < 1.29 is 18.8 Å². The van der Waals surface area contributed by atoms with E-state index in [2.05, 4.69) is 4.90 Å². The first kappa shape index (κ1) is 20.2. The first-order valence-electron chi connectivity index (χ1n) is 10.3. The van der Waals surface area contributed by atoms with Crippen molar-refractivity contribution in [2.45, 2.75) is 12.8 Å². The van der Waals surface area contributed by atoms with Crippen LogP contribution in [-0.2, 0) is 0 Å². The molecule has 0 unspecified atom stereocenters. The summed E-state index contributed by atoms with van der Waals surface area (Å²) in [6.07, 6.45) is 1.59. The van der Waals surface area contributed by atoms with Crippen LogP contribution in [-0.4, -0.2) is 71.7 Å². The van der Waals surface area contributed by atoms with Gasteiger partial charge < -0.3 is 4.90 Å². The van der Waals surface area contributed by atoms with E-state index in [0.717, 1.165) is 32.5 Å². The lowest BCUT2D eigenvalue weighted by Crippen LogP contribution is -2.49. The van der Waals surface area contributed by atoms with E-state index in [4.69, 9.17) is 0 Å². The largest absolute Gasteiger partial charge is 0.336 e. The SMILES string of the molecule is O=C(c1ccccc1F)N1CCN(CCCCN2C(=O)c3ccccc3C2=O)CC1. The first-order chi connectivity index (χ1) is 14.6. The van der Waals surface area contributed by atoms with Crippen molar-refractivity contribution in [2.75, 3.05) is 39.3 Å². The fourth-order valence-electron chi connectivity index (χ4n) is 4.03. The van der Waals surface area contributed by atoms with E-state index in [1.165, 1.54) is 17.0 Å². The van der Waals surface area contributed by atoms with Gasteiger partial charge in [-0.15, -0.1) is 0 Å². The molecule has 4 rings (SSSR count). The minimum atomic E-state index is -0.488. The van der Waals surface area contributed by atoms with Gasteiger partial charge in [0, 0.05) is 32.7 Å². The quantitative estimate of drug-likeness (QED) is 0.544. The van der Waals surface area contributed by atoms with E-state index >= 15 is 0 Å². The number of rotatable bonds is 6. The predicted octanol–water partition coefficient (Wildman–Crippen LogP) is 2.66. The van der Waals surface area contributed by atoms with Gasteiger partial charge in [-0.2, -0.15) is 0 Å². The van der Waals surface area contributed by atoms with Crippen LogP contribution in [0.5, 0.6) is 0 Å². The molecular formula is C23H24FN3O3. The van der Waals surface area contributed by atoms with Crippen molar-refractivity contribution in [3.05, 3.63) is 71.0 Å². The summed E-state index contributed by atoms with van der Waals surface area (Å²) in [5.41, 5.74) is 1.09. The zero-order chi connectivity index (χ0) is 21.1. The summed E-state index contributed by atoms with van der Waals surface area (Å²) >= 11 is 0. The Hall–Kier alpha value is -3.06. The molecule has 1 fully saturated rings. The Morgan fingerprint density at radius 2 is 1.37 bits per heavy atom. The normalized spacial score (nSPS) is 16.8. The van der Waals surface area contributed by atoms with Gasteiger partial charge in [0.15, 0.2) is 0 Å². The van der Waals surface area contributed by atoms with Crippen LogP contribution in [0.1, 0.15) is 43.9 Å². The van der Waals surface area contributed by atoms with Crippen LogP contribution < -0.4 is 0 Å². The number of unbranched alkanes of at least 4 members (excludes halogenated alkanes) is 1. The molecule has 0 atom stereocenters. The highest BCUT2D eigenvalue weighted by Gasteiger charge is 2.34. The van der Waals surface area contributed by atoms with Crippen LogP contribution in [0.3, 0.4) is 0 Å². The number of benzene rings is 2. The van der Waals surface area contributed by atoms with Crippen LogP contribution in [0, 0.1) is 5.82 Å². The van der Waals surface area contributed by atoms with Crippen LogP contribution in [0.15, 0.2) is 48.5 Å². The van der Waals surface area contributed by atoms with Crippen LogP contribution >= 0.6 is 0 Å². The van der Waals surface area contributed by atoms with Crippen molar-refractivity contribution in [2.24, 2.45) is 0 Å². The zero-order valence-corrected chi connectivity index (χ0v) is 16.7. The molecule has 0 radical (unpaired) electrons. The van der Waals surface area contributed by atoms with E-state index in [1.807, 2.05) is 0 Å². The Balaban J connectivity index is 1.20. The predicted molar refractivity (Wildman–Crippen MR) is 110 cm³/mol. The number of halogens is 1. The summed E-state index contributed by atoms with van der Waals surface area (Å²) in [5, 5.41) is 0. The monoisotopic (exact) mass is 409 g/mol. The highest BCUT2D eigenvalue weighted by Crippen LogP contribution is 2.22. The lowest BCUT2D eigenvalue weighted by atomic mass is 10.1. The number of carbonyl (C=O) groups is 3. The standard InChI is InChI=1S/C23H24FN3O3/c24-20-10-4-3-9-19(20)21(28)26-15-13-25(14-16-26)11-5-6-12-27-22(29)17-7-1-2-8-18(17)23(27)30/h1-4,7-10H,5-6,11-16H2. The minimum Gasteiger partial charge on any atom is -0.336 e. The van der Waals surface area contributed by atoms with Gasteiger partial charge in [0.25, 0.3) is 17.7 Å². The zero-order valence-electron chi connectivity index (χ0n) is 16.7. The molecule has 2 aliphatic heterocycles. The van der Waals surface area contributed by atoms with Gasteiger partial charge in [0.05, 0.1) is 16.7 Å². The Labute approximate surface area is 174 Å². The molecule has 7 heteroatoms. The molecule has 2 aromatic carbocycles. The lowest BCUT2D eigenvalue weighted by Gasteiger charge is -2.34. The summed E-state index contributed by atoms with van der Waals surface area (Å²) in [6, 6.07) is 13.0. The molecule has 0 bridgehead atoms. The topological polar surface area (TPSA) is 60.9 Å². The number of amides is 3. The van der Waals surface area contributed by atoms with E-state index in [1.54, 1.807) is 41.3 Å². The van der Waals surface area contributed by atoms with Crippen molar-refractivity contribution in [3.8, 4) is 0 Å². The molecular weight excluding hydrogens is 385 g/mol. The third kappa shape index (κ3) is 3.98. The number of hydrogen-bond acceptors (Lipinski definition) is 4. The van der Waals surface area contributed by atoms with E-state index in [9.17, 15) is 18.8 Å². The first-order valence-corrected chi connectivity index (χ1v) is 10.3. The molecule has 3 amide bonds. The van der Waals surface area contributed by atoms with Crippen LogP contribution in [0.2, 0.25) is 0 Å². The summed E-state index contributed by atoms with van der Waals surface area (Å²) in [6.45, 7) is 3.83. The second kappa shape index (κ2) is 8.75. The van der Waals surface area contributed by atoms with Gasteiger partial charge in [-0.1, -0.05) is 24.3 Å². The Morgan fingerprint density at radius 1 is 0.800 bits per heavy atom. The number of imide groups is 1. The Kier molecular flexibility index (Phi) is 5.90.